The lowest BCUT2D eigenvalue weighted by atomic mass is 10.1. The standard InChI is InChI=1S/C17H19NO7/c1-22-12-4-3-11(8-14(12)23-2)18-9-10(7-15(18)19)16(20)25-13-5-6-24-17(13)21/h3-4,8,10,13H,5-7,9H2,1-2H3/t10-,13+/m0/s1. The van der Waals surface area contributed by atoms with Crippen molar-refractivity contribution in [1.29, 1.82) is 0 Å². The highest BCUT2D eigenvalue weighted by atomic mass is 16.6. The molecule has 0 aromatic heterocycles. The molecule has 134 valence electrons. The Bertz CT molecular complexity index is 702. The van der Waals surface area contributed by atoms with E-state index in [1.807, 2.05) is 0 Å². The van der Waals surface area contributed by atoms with Gasteiger partial charge in [-0.15, -0.1) is 0 Å². The average molecular weight is 349 g/mol. The molecule has 3 rings (SSSR count). The molecule has 0 unspecified atom stereocenters. The molecule has 0 bridgehead atoms. The molecule has 2 saturated heterocycles. The summed E-state index contributed by atoms with van der Waals surface area (Å²) in [6.07, 6.45) is -0.475. The fraction of sp³-hybridized carbons (Fsp3) is 0.471. The largest absolute Gasteiger partial charge is 0.493 e. The van der Waals surface area contributed by atoms with Crippen molar-refractivity contribution in [3.63, 3.8) is 0 Å². The van der Waals surface area contributed by atoms with E-state index in [0.29, 0.717) is 23.6 Å². The van der Waals surface area contributed by atoms with E-state index >= 15 is 0 Å². The van der Waals surface area contributed by atoms with E-state index in [1.54, 1.807) is 18.2 Å². The predicted octanol–water partition coefficient (Wildman–Crippen LogP) is 0.915. The maximum atomic E-state index is 12.3. The molecule has 8 nitrogen and oxygen atoms in total. The first kappa shape index (κ1) is 17.1. The summed E-state index contributed by atoms with van der Waals surface area (Å²) >= 11 is 0. The van der Waals surface area contributed by atoms with Crippen molar-refractivity contribution in [2.45, 2.75) is 18.9 Å². The monoisotopic (exact) mass is 349 g/mol. The number of hydrogen-bond acceptors (Lipinski definition) is 7. The first-order valence-corrected chi connectivity index (χ1v) is 7.93. The van der Waals surface area contributed by atoms with Gasteiger partial charge < -0.3 is 23.8 Å². The van der Waals surface area contributed by atoms with Gasteiger partial charge in [0.15, 0.2) is 11.5 Å². The van der Waals surface area contributed by atoms with Gasteiger partial charge in [-0.3, -0.25) is 9.59 Å². The van der Waals surface area contributed by atoms with E-state index in [2.05, 4.69) is 0 Å². The van der Waals surface area contributed by atoms with Crippen LogP contribution in [0.15, 0.2) is 18.2 Å². The first-order chi connectivity index (χ1) is 12.0. The molecule has 0 saturated carbocycles. The molecule has 0 radical (unpaired) electrons. The predicted molar refractivity (Wildman–Crippen MR) is 85.5 cm³/mol. The van der Waals surface area contributed by atoms with Gasteiger partial charge in [0.25, 0.3) is 0 Å². The number of rotatable bonds is 5. The normalized spacial score (nSPS) is 22.7. The second-order valence-electron chi connectivity index (χ2n) is 5.83. The van der Waals surface area contributed by atoms with Crippen LogP contribution in [0, 0.1) is 5.92 Å². The highest BCUT2D eigenvalue weighted by Crippen LogP contribution is 2.34. The molecule has 0 aliphatic carbocycles. The number of anilines is 1. The van der Waals surface area contributed by atoms with Crippen LogP contribution in [-0.4, -0.2) is 51.3 Å². The number of nitrogens with zero attached hydrogens (tertiary/aromatic N) is 1. The van der Waals surface area contributed by atoms with Crippen LogP contribution >= 0.6 is 0 Å². The van der Waals surface area contributed by atoms with Gasteiger partial charge >= 0.3 is 11.9 Å². The number of carbonyl (C=O) groups is 3. The van der Waals surface area contributed by atoms with Crippen molar-refractivity contribution < 1.29 is 33.3 Å². The van der Waals surface area contributed by atoms with Gasteiger partial charge in [0.2, 0.25) is 12.0 Å². The van der Waals surface area contributed by atoms with E-state index in [0.717, 1.165) is 0 Å². The maximum absolute atomic E-state index is 12.3. The van der Waals surface area contributed by atoms with E-state index in [4.69, 9.17) is 18.9 Å². The highest BCUT2D eigenvalue weighted by Gasteiger charge is 2.39. The van der Waals surface area contributed by atoms with Crippen molar-refractivity contribution in [3.05, 3.63) is 18.2 Å². The molecule has 0 spiro atoms. The molecule has 1 amide bonds. The molecule has 25 heavy (non-hydrogen) atoms. The molecule has 0 N–H and O–H groups in total. The van der Waals surface area contributed by atoms with Crippen LogP contribution in [0.3, 0.4) is 0 Å². The van der Waals surface area contributed by atoms with Crippen LogP contribution in [0.4, 0.5) is 5.69 Å². The molecule has 2 aliphatic rings. The average Bonchev–Trinajstić information content (AvgIpc) is 3.20. The zero-order chi connectivity index (χ0) is 18.0. The van der Waals surface area contributed by atoms with Crippen LogP contribution in [0.5, 0.6) is 11.5 Å². The van der Waals surface area contributed by atoms with Crippen LogP contribution in [-0.2, 0) is 23.9 Å². The topological polar surface area (TPSA) is 91.4 Å². The van der Waals surface area contributed by atoms with Crippen LogP contribution in [0.25, 0.3) is 0 Å². The zero-order valence-corrected chi connectivity index (χ0v) is 14.0. The Labute approximate surface area is 144 Å². The van der Waals surface area contributed by atoms with Crippen LogP contribution in [0.1, 0.15) is 12.8 Å². The SMILES string of the molecule is COc1ccc(N2C[C@@H](C(=O)O[C@@H]3CCOC3=O)CC2=O)cc1OC. The van der Waals surface area contributed by atoms with Crippen LogP contribution < -0.4 is 14.4 Å². The van der Waals surface area contributed by atoms with E-state index < -0.39 is 24.0 Å². The minimum Gasteiger partial charge on any atom is -0.493 e. The molecule has 1 aromatic rings. The van der Waals surface area contributed by atoms with Gasteiger partial charge in [-0.1, -0.05) is 0 Å². The fourth-order valence-electron chi connectivity index (χ4n) is 2.93. The van der Waals surface area contributed by atoms with Crippen molar-refractivity contribution in [2.75, 3.05) is 32.3 Å². The summed E-state index contributed by atoms with van der Waals surface area (Å²) < 4.78 is 20.4. The third-order valence-corrected chi connectivity index (χ3v) is 4.28. The number of benzene rings is 1. The molecular formula is C17H19NO7. The zero-order valence-electron chi connectivity index (χ0n) is 14.0. The third-order valence-electron chi connectivity index (χ3n) is 4.28. The van der Waals surface area contributed by atoms with Gasteiger partial charge in [-0.25, -0.2) is 4.79 Å². The molecule has 2 atom stereocenters. The van der Waals surface area contributed by atoms with E-state index in [9.17, 15) is 14.4 Å². The van der Waals surface area contributed by atoms with Crippen molar-refractivity contribution in [1.82, 2.24) is 0 Å². The van der Waals surface area contributed by atoms with Crippen molar-refractivity contribution in [3.8, 4) is 11.5 Å². The number of ether oxygens (including phenoxy) is 4. The number of amides is 1. The summed E-state index contributed by atoms with van der Waals surface area (Å²) in [6, 6.07) is 5.10. The van der Waals surface area contributed by atoms with Crippen molar-refractivity contribution in [2.24, 2.45) is 5.92 Å². The maximum Gasteiger partial charge on any atom is 0.347 e. The van der Waals surface area contributed by atoms with Gasteiger partial charge in [0.05, 0.1) is 26.7 Å². The Hall–Kier alpha value is -2.77. The first-order valence-electron chi connectivity index (χ1n) is 7.93. The molecule has 2 heterocycles. The summed E-state index contributed by atoms with van der Waals surface area (Å²) in [7, 11) is 3.03. The Morgan fingerprint density at radius 1 is 1.20 bits per heavy atom. The van der Waals surface area contributed by atoms with Gasteiger partial charge in [-0.2, -0.15) is 0 Å². The smallest absolute Gasteiger partial charge is 0.347 e. The quantitative estimate of drug-likeness (QED) is 0.730. The summed E-state index contributed by atoms with van der Waals surface area (Å²) in [5.41, 5.74) is 0.609. The lowest BCUT2D eigenvalue weighted by molar-refractivity contribution is -0.162. The highest BCUT2D eigenvalue weighted by molar-refractivity contribution is 6.00. The molecule has 2 fully saturated rings. The van der Waals surface area contributed by atoms with Gasteiger partial charge in [0.1, 0.15) is 0 Å². The second kappa shape index (κ2) is 7.00. The lowest BCUT2D eigenvalue weighted by Gasteiger charge is -2.18. The lowest BCUT2D eigenvalue weighted by Crippen LogP contribution is -2.29. The van der Waals surface area contributed by atoms with Crippen molar-refractivity contribution >= 4 is 23.5 Å². The molecule has 8 heteroatoms. The fourth-order valence-corrected chi connectivity index (χ4v) is 2.93. The molecular weight excluding hydrogens is 330 g/mol. The van der Waals surface area contributed by atoms with Gasteiger partial charge in [-0.05, 0) is 12.1 Å². The Morgan fingerprint density at radius 2 is 1.96 bits per heavy atom. The Kier molecular flexibility index (Phi) is 4.78. The molecule has 1 aromatic carbocycles. The second-order valence-corrected chi connectivity index (χ2v) is 5.83. The van der Waals surface area contributed by atoms with Crippen LogP contribution in [0.2, 0.25) is 0 Å². The Morgan fingerprint density at radius 3 is 2.60 bits per heavy atom. The summed E-state index contributed by atoms with van der Waals surface area (Å²) in [5.74, 6) is -0.854. The van der Waals surface area contributed by atoms with Gasteiger partial charge in [0, 0.05) is 31.1 Å². The minimum absolute atomic E-state index is 0.0367. The number of carbonyl (C=O) groups excluding carboxylic acids is 3. The number of cyclic esters (lactones) is 1. The Balaban J connectivity index is 1.70. The summed E-state index contributed by atoms with van der Waals surface area (Å²) in [4.78, 5) is 37.4. The van der Waals surface area contributed by atoms with E-state index in [-0.39, 0.29) is 25.5 Å². The third kappa shape index (κ3) is 3.38. The number of methoxy groups -OCH3 is 2. The summed E-state index contributed by atoms with van der Waals surface area (Å²) in [5, 5.41) is 0. The summed E-state index contributed by atoms with van der Waals surface area (Å²) in [6.45, 7) is 0.438. The molecule has 2 aliphatic heterocycles. The van der Waals surface area contributed by atoms with E-state index in [1.165, 1.54) is 19.1 Å². The number of hydrogen-bond donors (Lipinski definition) is 0. The number of esters is 2. The minimum atomic E-state index is -0.863.